The normalized spacial score (nSPS) is 16.1. The molecule has 0 aliphatic carbocycles. The Labute approximate surface area is 185 Å². The van der Waals surface area contributed by atoms with Crippen LogP contribution in [-0.4, -0.2) is 61.6 Å². The van der Waals surface area contributed by atoms with Gasteiger partial charge in [-0.3, -0.25) is 4.79 Å². The Kier molecular flexibility index (Phi) is 5.67. The average molecular weight is 426 g/mol. The molecule has 5 rings (SSSR count). The molecule has 4 aromatic rings. The van der Waals surface area contributed by atoms with E-state index < -0.39 is 0 Å². The number of rotatable bonds is 5. The van der Waals surface area contributed by atoms with Gasteiger partial charge in [0, 0.05) is 24.5 Å². The number of hydrogen-bond donors (Lipinski definition) is 0. The van der Waals surface area contributed by atoms with Crippen molar-refractivity contribution in [1.29, 1.82) is 0 Å². The predicted octanol–water partition coefficient (Wildman–Crippen LogP) is 2.81. The van der Waals surface area contributed by atoms with Gasteiger partial charge in [-0.2, -0.15) is 15.0 Å². The number of para-hydroxylation sites is 1. The molecule has 3 heterocycles. The predicted molar refractivity (Wildman–Crippen MR) is 118 cm³/mol. The number of nitrogens with zero attached hydrogens (tertiary/aromatic N) is 6. The summed E-state index contributed by atoms with van der Waals surface area (Å²) in [6, 6.07) is 17.3. The van der Waals surface area contributed by atoms with Gasteiger partial charge in [0.2, 0.25) is 0 Å². The molecule has 1 saturated heterocycles. The Morgan fingerprint density at radius 1 is 0.969 bits per heavy atom. The maximum absolute atomic E-state index is 13.6. The molecule has 1 fully saturated rings. The van der Waals surface area contributed by atoms with Crippen molar-refractivity contribution in [1.82, 2.24) is 29.9 Å². The van der Waals surface area contributed by atoms with Crippen molar-refractivity contribution in [3.05, 3.63) is 90.5 Å². The zero-order valence-corrected chi connectivity index (χ0v) is 17.4. The first-order valence-corrected chi connectivity index (χ1v) is 10.5. The number of carbonyl (C=O) groups is 1. The molecule has 1 aliphatic rings. The van der Waals surface area contributed by atoms with Gasteiger partial charge >= 0.3 is 0 Å². The smallest absolute Gasteiger partial charge is 0.256 e. The molecular formula is C24H22N6O2. The lowest BCUT2D eigenvalue weighted by Crippen LogP contribution is -2.50. The molecule has 0 spiro atoms. The molecule has 8 heteroatoms. The molecule has 1 aliphatic heterocycles. The van der Waals surface area contributed by atoms with Crippen LogP contribution in [0.5, 0.6) is 0 Å². The van der Waals surface area contributed by atoms with Crippen LogP contribution in [0.4, 0.5) is 0 Å². The van der Waals surface area contributed by atoms with Crippen LogP contribution >= 0.6 is 0 Å². The van der Waals surface area contributed by atoms with Crippen molar-refractivity contribution in [3.63, 3.8) is 0 Å². The molecule has 2 aromatic heterocycles. The van der Waals surface area contributed by atoms with Gasteiger partial charge in [-0.1, -0.05) is 30.3 Å². The number of amides is 1. The van der Waals surface area contributed by atoms with Crippen LogP contribution < -0.4 is 0 Å². The lowest BCUT2D eigenvalue weighted by molar-refractivity contribution is -0.00164. The van der Waals surface area contributed by atoms with E-state index in [0.717, 1.165) is 11.1 Å². The van der Waals surface area contributed by atoms with Gasteiger partial charge in [-0.05, 0) is 36.2 Å². The van der Waals surface area contributed by atoms with Crippen LogP contribution in [0.15, 0.2) is 79.4 Å². The molecule has 2 aromatic carbocycles. The fourth-order valence-corrected chi connectivity index (χ4v) is 3.97. The fraction of sp³-hybridized carbons (Fsp3) is 0.208. The third kappa shape index (κ3) is 4.13. The summed E-state index contributed by atoms with van der Waals surface area (Å²) in [5, 5.41) is 8.40. The Balaban J connectivity index is 1.41. The molecule has 0 saturated carbocycles. The Morgan fingerprint density at radius 3 is 2.62 bits per heavy atom. The van der Waals surface area contributed by atoms with Gasteiger partial charge in [0.25, 0.3) is 5.91 Å². The molecule has 0 N–H and O–H groups in total. The number of carbonyl (C=O) groups excluding carboxylic acids is 1. The second kappa shape index (κ2) is 9.07. The monoisotopic (exact) mass is 426 g/mol. The Hall–Kier alpha value is -3.91. The van der Waals surface area contributed by atoms with Crippen LogP contribution in [0.2, 0.25) is 0 Å². The molecule has 160 valence electrons. The summed E-state index contributed by atoms with van der Waals surface area (Å²) in [5.41, 5.74) is 3.29. The second-order valence-electron chi connectivity index (χ2n) is 7.54. The number of hydrogen-bond acceptors (Lipinski definition) is 6. The van der Waals surface area contributed by atoms with Crippen LogP contribution in [0, 0.1) is 0 Å². The molecule has 32 heavy (non-hydrogen) atoms. The van der Waals surface area contributed by atoms with E-state index in [2.05, 4.69) is 32.3 Å². The summed E-state index contributed by atoms with van der Waals surface area (Å²) in [7, 11) is 0. The van der Waals surface area contributed by atoms with Crippen LogP contribution in [0.3, 0.4) is 0 Å². The number of ether oxygens (including phenoxy) is 1. The van der Waals surface area contributed by atoms with Gasteiger partial charge in [-0.25, -0.2) is 9.97 Å². The Bertz CT molecular complexity index is 1200. The first kappa shape index (κ1) is 20.0. The molecule has 1 amide bonds. The number of benzene rings is 2. The standard InChI is InChI=1S/C24H22N6O2/c31-24(21-7-1-2-8-22(21)30-27-11-12-28-30)29-13-14-32-17-20(29)16-18-5-3-6-19(15-18)23-25-9-4-10-26-23/h1-12,15,20H,13-14,16-17H2/t20-/m1/s1. The minimum absolute atomic E-state index is 0.0475. The molecule has 0 radical (unpaired) electrons. The molecule has 8 nitrogen and oxygen atoms in total. The topological polar surface area (TPSA) is 86.0 Å². The number of morpholine rings is 1. The van der Waals surface area contributed by atoms with Crippen LogP contribution in [-0.2, 0) is 11.2 Å². The highest BCUT2D eigenvalue weighted by Gasteiger charge is 2.30. The van der Waals surface area contributed by atoms with Crippen molar-refractivity contribution in [3.8, 4) is 17.1 Å². The quantitative estimate of drug-likeness (QED) is 0.488. The summed E-state index contributed by atoms with van der Waals surface area (Å²) in [4.78, 5) is 25.6. The molecule has 0 bridgehead atoms. The van der Waals surface area contributed by atoms with E-state index in [1.54, 1.807) is 30.9 Å². The highest BCUT2D eigenvalue weighted by molar-refractivity contribution is 5.98. The van der Waals surface area contributed by atoms with Gasteiger partial charge in [0.1, 0.15) is 0 Å². The highest BCUT2D eigenvalue weighted by Crippen LogP contribution is 2.22. The van der Waals surface area contributed by atoms with Crippen molar-refractivity contribution in [2.24, 2.45) is 0 Å². The average Bonchev–Trinajstić information content (AvgIpc) is 3.40. The zero-order valence-electron chi connectivity index (χ0n) is 17.4. The van der Waals surface area contributed by atoms with Crippen molar-refractivity contribution in [2.75, 3.05) is 19.8 Å². The summed E-state index contributed by atoms with van der Waals surface area (Å²) >= 11 is 0. The van der Waals surface area contributed by atoms with Gasteiger partial charge in [-0.15, -0.1) is 0 Å². The van der Waals surface area contributed by atoms with E-state index in [-0.39, 0.29) is 11.9 Å². The van der Waals surface area contributed by atoms with E-state index in [0.29, 0.717) is 43.3 Å². The van der Waals surface area contributed by atoms with E-state index in [9.17, 15) is 4.79 Å². The van der Waals surface area contributed by atoms with Crippen molar-refractivity contribution >= 4 is 5.91 Å². The molecule has 1 atom stereocenters. The summed E-state index contributed by atoms with van der Waals surface area (Å²) < 4.78 is 5.74. The van der Waals surface area contributed by atoms with Crippen molar-refractivity contribution < 1.29 is 9.53 Å². The molecule has 0 unspecified atom stereocenters. The Morgan fingerprint density at radius 2 is 1.78 bits per heavy atom. The minimum atomic E-state index is -0.0816. The highest BCUT2D eigenvalue weighted by atomic mass is 16.5. The molecular weight excluding hydrogens is 404 g/mol. The third-order valence-electron chi connectivity index (χ3n) is 5.48. The maximum Gasteiger partial charge on any atom is 0.256 e. The summed E-state index contributed by atoms with van der Waals surface area (Å²) in [5.74, 6) is 0.636. The van der Waals surface area contributed by atoms with E-state index >= 15 is 0 Å². The number of aromatic nitrogens is 5. The first-order chi connectivity index (χ1) is 15.8. The SMILES string of the molecule is O=C(c1ccccc1-n1nccn1)N1CCOC[C@H]1Cc1cccc(-c2ncccn2)c1. The largest absolute Gasteiger partial charge is 0.377 e. The summed E-state index contributed by atoms with van der Waals surface area (Å²) in [6.45, 7) is 1.54. The summed E-state index contributed by atoms with van der Waals surface area (Å²) in [6.07, 6.45) is 7.34. The van der Waals surface area contributed by atoms with Crippen LogP contribution in [0.25, 0.3) is 17.1 Å². The van der Waals surface area contributed by atoms with E-state index in [4.69, 9.17) is 4.74 Å². The van der Waals surface area contributed by atoms with Crippen LogP contribution in [0.1, 0.15) is 15.9 Å². The minimum Gasteiger partial charge on any atom is -0.377 e. The second-order valence-corrected chi connectivity index (χ2v) is 7.54. The van der Waals surface area contributed by atoms with E-state index in [1.807, 2.05) is 41.3 Å². The van der Waals surface area contributed by atoms with Gasteiger partial charge in [0.05, 0.1) is 42.9 Å². The lowest BCUT2D eigenvalue weighted by atomic mass is 10.0. The van der Waals surface area contributed by atoms with Crippen molar-refractivity contribution in [2.45, 2.75) is 12.5 Å². The first-order valence-electron chi connectivity index (χ1n) is 10.5. The third-order valence-corrected chi connectivity index (χ3v) is 5.48. The van der Waals surface area contributed by atoms with Gasteiger partial charge in [0.15, 0.2) is 5.82 Å². The zero-order chi connectivity index (χ0) is 21.8. The van der Waals surface area contributed by atoms with Gasteiger partial charge < -0.3 is 9.64 Å². The van der Waals surface area contributed by atoms with E-state index in [1.165, 1.54) is 4.80 Å². The maximum atomic E-state index is 13.6. The lowest BCUT2D eigenvalue weighted by Gasteiger charge is -2.36. The fourth-order valence-electron chi connectivity index (χ4n) is 3.97.